The third kappa shape index (κ3) is 3.65. The molecule has 7 heteroatoms. The minimum Gasteiger partial charge on any atom is -0.356 e. The first-order valence-corrected chi connectivity index (χ1v) is 11.1. The van der Waals surface area contributed by atoms with Crippen LogP contribution in [-0.2, 0) is 7.05 Å². The number of piperidine rings is 1. The lowest BCUT2D eigenvalue weighted by atomic mass is 10.0. The average molecular weight is 399 g/mol. The van der Waals surface area contributed by atoms with Crippen LogP contribution in [0.5, 0.6) is 0 Å². The van der Waals surface area contributed by atoms with E-state index in [1.54, 1.807) is 17.7 Å². The summed E-state index contributed by atoms with van der Waals surface area (Å²) in [5, 5.41) is 5.13. The summed E-state index contributed by atoms with van der Waals surface area (Å²) in [6, 6.07) is 0.848. The highest BCUT2D eigenvalue weighted by Gasteiger charge is 2.26. The minimum absolute atomic E-state index is 0.328. The Bertz CT molecular complexity index is 938. The molecule has 0 aromatic carbocycles. The fourth-order valence-corrected chi connectivity index (χ4v) is 5.23. The Hall–Kier alpha value is -1.99. The van der Waals surface area contributed by atoms with Crippen molar-refractivity contribution in [3.05, 3.63) is 35.0 Å². The van der Waals surface area contributed by atoms with Crippen LogP contribution in [0.4, 0.5) is 5.82 Å². The van der Waals surface area contributed by atoms with Gasteiger partial charge in [0.2, 0.25) is 0 Å². The van der Waals surface area contributed by atoms with Gasteiger partial charge in [-0.3, -0.25) is 0 Å². The van der Waals surface area contributed by atoms with Gasteiger partial charge in [-0.1, -0.05) is 13.3 Å². The van der Waals surface area contributed by atoms with Gasteiger partial charge in [-0.2, -0.15) is 0 Å². The summed E-state index contributed by atoms with van der Waals surface area (Å²) >= 11 is 1.77. The van der Waals surface area contributed by atoms with Gasteiger partial charge < -0.3 is 14.8 Å². The zero-order valence-corrected chi connectivity index (χ0v) is 18.1. The molecule has 1 fully saturated rings. The smallest absolute Gasteiger partial charge is 0.141 e. The molecule has 4 rings (SSSR count). The van der Waals surface area contributed by atoms with Crippen LogP contribution < -0.4 is 10.2 Å². The Morgan fingerprint density at radius 2 is 2.00 bits per heavy atom. The number of aryl methyl sites for hydroxylation is 3. The molecule has 1 N–H and O–H groups in total. The predicted octanol–water partition coefficient (Wildman–Crippen LogP) is 4.14. The summed E-state index contributed by atoms with van der Waals surface area (Å²) in [6.45, 7) is 8.66. The minimum atomic E-state index is 0.328. The SMILES string of the molecule is CCCC(NC1CCN(c2ncnc3sc(C)c(C)c23)CC1)c1nccn1C. The first kappa shape index (κ1) is 19.3. The third-order valence-electron chi connectivity index (χ3n) is 5.92. The number of anilines is 1. The van der Waals surface area contributed by atoms with Crippen LogP contribution >= 0.6 is 11.3 Å². The summed E-state index contributed by atoms with van der Waals surface area (Å²) in [7, 11) is 2.08. The van der Waals surface area contributed by atoms with E-state index in [2.05, 4.69) is 57.6 Å². The van der Waals surface area contributed by atoms with E-state index in [1.165, 1.54) is 15.8 Å². The Balaban J connectivity index is 1.46. The molecule has 1 aliphatic rings. The van der Waals surface area contributed by atoms with E-state index in [-0.39, 0.29) is 0 Å². The fraction of sp³-hybridized carbons (Fsp3) is 0.571. The lowest BCUT2D eigenvalue weighted by molar-refractivity contribution is 0.344. The topological polar surface area (TPSA) is 58.9 Å². The van der Waals surface area contributed by atoms with Crippen molar-refractivity contribution in [3.63, 3.8) is 0 Å². The average Bonchev–Trinajstić information content (AvgIpc) is 3.25. The van der Waals surface area contributed by atoms with Crippen molar-refractivity contribution >= 4 is 27.4 Å². The Labute approximate surface area is 171 Å². The van der Waals surface area contributed by atoms with Gasteiger partial charge in [0.05, 0.1) is 11.4 Å². The zero-order valence-electron chi connectivity index (χ0n) is 17.3. The van der Waals surface area contributed by atoms with E-state index in [0.29, 0.717) is 12.1 Å². The highest BCUT2D eigenvalue weighted by molar-refractivity contribution is 7.18. The first-order valence-electron chi connectivity index (χ1n) is 10.3. The zero-order chi connectivity index (χ0) is 19.7. The van der Waals surface area contributed by atoms with Gasteiger partial charge in [-0.15, -0.1) is 11.3 Å². The summed E-state index contributed by atoms with van der Waals surface area (Å²) in [4.78, 5) is 18.6. The van der Waals surface area contributed by atoms with Crippen LogP contribution in [0.15, 0.2) is 18.7 Å². The number of imidazole rings is 1. The Morgan fingerprint density at radius 1 is 1.21 bits per heavy atom. The quantitative estimate of drug-likeness (QED) is 0.676. The molecular weight excluding hydrogens is 368 g/mol. The third-order valence-corrected chi connectivity index (χ3v) is 7.04. The van der Waals surface area contributed by atoms with Crippen molar-refractivity contribution in [1.82, 2.24) is 24.8 Å². The molecular formula is C21H30N6S. The van der Waals surface area contributed by atoms with E-state index < -0.39 is 0 Å². The van der Waals surface area contributed by atoms with Crippen molar-refractivity contribution in [2.24, 2.45) is 7.05 Å². The van der Waals surface area contributed by atoms with Gasteiger partial charge >= 0.3 is 0 Å². The van der Waals surface area contributed by atoms with E-state index >= 15 is 0 Å². The molecule has 0 radical (unpaired) electrons. The normalized spacial score (nSPS) is 16.8. The van der Waals surface area contributed by atoms with Gasteiger partial charge in [-0.05, 0) is 38.7 Å². The molecule has 3 aromatic heterocycles. The van der Waals surface area contributed by atoms with Crippen molar-refractivity contribution in [2.45, 2.75) is 58.5 Å². The summed E-state index contributed by atoms with van der Waals surface area (Å²) in [6.07, 6.45) is 10.2. The molecule has 150 valence electrons. The van der Waals surface area contributed by atoms with E-state index in [4.69, 9.17) is 0 Å². The highest BCUT2D eigenvalue weighted by atomic mass is 32.1. The second-order valence-corrected chi connectivity index (χ2v) is 9.03. The van der Waals surface area contributed by atoms with Gasteiger partial charge in [-0.25, -0.2) is 15.0 Å². The molecule has 0 bridgehead atoms. The van der Waals surface area contributed by atoms with Crippen LogP contribution in [0.1, 0.15) is 54.9 Å². The number of hydrogen-bond donors (Lipinski definition) is 1. The highest BCUT2D eigenvalue weighted by Crippen LogP contribution is 2.35. The van der Waals surface area contributed by atoms with Gasteiger partial charge in [0.1, 0.15) is 22.8 Å². The maximum atomic E-state index is 4.66. The number of hydrogen-bond acceptors (Lipinski definition) is 6. The number of thiophene rings is 1. The van der Waals surface area contributed by atoms with Crippen molar-refractivity contribution in [1.29, 1.82) is 0 Å². The summed E-state index contributed by atoms with van der Waals surface area (Å²) in [5.41, 5.74) is 1.33. The summed E-state index contributed by atoms with van der Waals surface area (Å²) in [5.74, 6) is 2.26. The van der Waals surface area contributed by atoms with Crippen molar-refractivity contribution in [2.75, 3.05) is 18.0 Å². The number of aromatic nitrogens is 4. The number of nitrogens with one attached hydrogen (secondary N) is 1. The molecule has 1 aliphatic heterocycles. The second kappa shape index (κ2) is 8.17. The molecule has 0 saturated carbocycles. The van der Waals surface area contributed by atoms with Crippen molar-refractivity contribution < 1.29 is 0 Å². The standard InChI is InChI=1S/C21H30N6S/c1-5-6-17(19-22-9-12-26(19)4)25-16-7-10-27(11-8-16)20-18-14(2)15(3)28-21(18)24-13-23-20/h9,12-13,16-17,25H,5-8,10-11H2,1-4H3. The maximum absolute atomic E-state index is 4.66. The largest absolute Gasteiger partial charge is 0.356 e. The molecule has 0 spiro atoms. The molecule has 0 amide bonds. The molecule has 0 aliphatic carbocycles. The molecule has 1 unspecified atom stereocenters. The molecule has 6 nitrogen and oxygen atoms in total. The van der Waals surface area contributed by atoms with Gasteiger partial charge in [0.25, 0.3) is 0 Å². The molecule has 1 atom stereocenters. The molecule has 1 saturated heterocycles. The van der Waals surface area contributed by atoms with E-state index in [0.717, 1.165) is 55.2 Å². The second-order valence-electron chi connectivity index (χ2n) is 7.83. The van der Waals surface area contributed by atoms with Gasteiger partial charge in [0, 0.05) is 43.4 Å². The lowest BCUT2D eigenvalue weighted by Gasteiger charge is -2.35. The molecule has 28 heavy (non-hydrogen) atoms. The fourth-order valence-electron chi connectivity index (χ4n) is 4.23. The van der Waals surface area contributed by atoms with Crippen LogP contribution in [0, 0.1) is 13.8 Å². The van der Waals surface area contributed by atoms with E-state index in [9.17, 15) is 0 Å². The number of rotatable bonds is 6. The van der Waals surface area contributed by atoms with Crippen LogP contribution in [0.25, 0.3) is 10.2 Å². The van der Waals surface area contributed by atoms with Crippen LogP contribution in [0.3, 0.4) is 0 Å². The number of nitrogens with zero attached hydrogens (tertiary/aromatic N) is 5. The predicted molar refractivity (Wildman–Crippen MR) is 116 cm³/mol. The van der Waals surface area contributed by atoms with Crippen molar-refractivity contribution in [3.8, 4) is 0 Å². The Morgan fingerprint density at radius 3 is 2.68 bits per heavy atom. The Kier molecular flexibility index (Phi) is 5.64. The monoisotopic (exact) mass is 398 g/mol. The molecule has 4 heterocycles. The summed E-state index contributed by atoms with van der Waals surface area (Å²) < 4.78 is 2.14. The van der Waals surface area contributed by atoms with E-state index in [1.807, 2.05) is 12.4 Å². The van der Waals surface area contributed by atoms with Crippen LogP contribution in [0.2, 0.25) is 0 Å². The maximum Gasteiger partial charge on any atom is 0.141 e. The van der Waals surface area contributed by atoms with Gasteiger partial charge in [0.15, 0.2) is 0 Å². The first-order chi connectivity index (χ1) is 13.6. The van der Waals surface area contributed by atoms with Crippen LogP contribution in [-0.4, -0.2) is 38.7 Å². The lowest BCUT2D eigenvalue weighted by Crippen LogP contribution is -2.44. The molecule has 3 aromatic rings. The number of fused-ring (bicyclic) bond motifs is 1.